The number of amides is 3. The van der Waals surface area contributed by atoms with Crippen molar-refractivity contribution in [3.05, 3.63) is 154 Å². The van der Waals surface area contributed by atoms with Crippen LogP contribution in [0.25, 0.3) is 0 Å². The van der Waals surface area contributed by atoms with Gasteiger partial charge in [-0.05, 0) is 147 Å². The molecular weight excluding hydrogens is 1220 g/mol. The summed E-state index contributed by atoms with van der Waals surface area (Å²) in [5.74, 6) is -1.26. The molecule has 2 aliphatic rings. The van der Waals surface area contributed by atoms with Gasteiger partial charge in [-0.2, -0.15) is 0 Å². The highest BCUT2D eigenvalue weighted by Gasteiger charge is 2.35. The van der Waals surface area contributed by atoms with Gasteiger partial charge in [0.15, 0.2) is 29.5 Å². The van der Waals surface area contributed by atoms with Crippen molar-refractivity contribution in [2.75, 3.05) is 23.0 Å². The molecule has 91 heavy (non-hydrogen) atoms. The molecule has 2 aliphatic carbocycles. The zero-order chi connectivity index (χ0) is 67.7. The van der Waals surface area contributed by atoms with E-state index in [1.807, 2.05) is 77.9 Å². The van der Waals surface area contributed by atoms with E-state index in [9.17, 15) is 54.0 Å². The van der Waals surface area contributed by atoms with E-state index in [1.54, 1.807) is 41.5 Å². The highest BCUT2D eigenvalue weighted by Crippen LogP contribution is 2.33. The van der Waals surface area contributed by atoms with Gasteiger partial charge in [-0.15, -0.1) is 0 Å². The number of pyridine rings is 6. The number of nitrogen functional groups attached to an aromatic ring is 3. The highest BCUT2D eigenvalue weighted by atomic mass is 32.2. The SMILES string of the molecule is Cc1ccc(CNC(=O)Cn2c(C)cc(S(=O)(=O)C3CCCC3)c(N)c2=O)c(C)n1.Cc1ccc(CNC(=O)Cn2c(C)cc(S(=O)(=O)C3CCCCC3)c(N)c2=O)c(C)n1.Cc1ccc(CNC(=O)Cn2c(C)cc(S(=O)(=O)CC(C)(C)C)c(N)c2=O)c(C)n1. The number of rotatable bonds is 18. The zero-order valence-corrected chi connectivity index (χ0v) is 56.7. The first-order valence-corrected chi connectivity index (χ1v) is 35.0. The van der Waals surface area contributed by atoms with Crippen molar-refractivity contribution < 1.29 is 39.6 Å². The van der Waals surface area contributed by atoms with E-state index in [0.717, 1.165) is 83.0 Å². The molecule has 0 aromatic carbocycles. The summed E-state index contributed by atoms with van der Waals surface area (Å²) in [6.45, 7) is 21.6. The largest absolute Gasteiger partial charge is 0.393 e. The number of carbonyl (C=O) groups excluding carboxylic acids is 3. The first kappa shape index (κ1) is 72.0. The van der Waals surface area contributed by atoms with E-state index < -0.39 is 62.1 Å². The number of hydrogen-bond acceptors (Lipinski definition) is 18. The Morgan fingerprint density at radius 2 is 0.736 bits per heavy atom. The number of nitrogens with one attached hydrogen (secondary N) is 3. The predicted octanol–water partition coefficient (Wildman–Crippen LogP) is 5.84. The van der Waals surface area contributed by atoms with Gasteiger partial charge in [0, 0.05) is 70.9 Å². The quantitative estimate of drug-likeness (QED) is 0.0588. The van der Waals surface area contributed by atoms with Crippen LogP contribution in [0.5, 0.6) is 0 Å². The fourth-order valence-electron chi connectivity index (χ4n) is 11.1. The molecule has 0 bridgehead atoms. The lowest BCUT2D eigenvalue weighted by atomic mass is 10.0. The lowest BCUT2D eigenvalue weighted by molar-refractivity contribution is -0.122. The van der Waals surface area contributed by atoms with Crippen LogP contribution in [0.2, 0.25) is 0 Å². The first-order chi connectivity index (χ1) is 42.4. The maximum Gasteiger partial charge on any atom is 0.275 e. The number of nitrogens with zero attached hydrogens (tertiary/aromatic N) is 6. The minimum atomic E-state index is -3.74. The van der Waals surface area contributed by atoms with Gasteiger partial charge >= 0.3 is 0 Å². The Kier molecular flexibility index (Phi) is 23.7. The second-order valence-electron chi connectivity index (χ2n) is 24.9. The lowest BCUT2D eigenvalue weighted by Crippen LogP contribution is -2.35. The third-order valence-electron chi connectivity index (χ3n) is 16.2. The van der Waals surface area contributed by atoms with Crippen molar-refractivity contribution in [3.8, 4) is 0 Å². The standard InChI is InChI=1S/C22H30N4O4S.C21H28N4O4S.C21H30N4O4S/c1-14-9-10-17(16(3)25-14)12-24-20(27)13-26-15(2)11-19(21(23)22(26)28)31(29,30)18-7-5-4-6-8-18;1-13-8-9-16(15(3)24-13)11-23-19(26)12-25-14(2)10-18(20(22)21(25)27)30(28,29)17-6-4-5-7-17;1-13-7-8-16(15(3)24-13)10-23-18(26)11-25-14(2)9-17(19(22)20(25)27)30(28,29)12-21(4,5)6/h9-11,18H,4-8,12-13,23H2,1-3H3,(H,24,27);8-10,17H,4-7,11-12,22H2,1-3H3,(H,23,26);7-9H,10-12,22H2,1-6H3,(H,23,26). The number of nitrogens with two attached hydrogens (primary N) is 3. The molecule has 0 saturated heterocycles. The van der Waals surface area contributed by atoms with Crippen LogP contribution in [-0.4, -0.2) is 87.9 Å². The first-order valence-electron chi connectivity index (χ1n) is 30.2. The van der Waals surface area contributed by atoms with Crippen LogP contribution in [-0.2, 0) is 83.2 Å². The smallest absolute Gasteiger partial charge is 0.275 e. The van der Waals surface area contributed by atoms with Crippen LogP contribution in [0, 0.1) is 67.7 Å². The Labute approximate surface area is 533 Å². The minimum Gasteiger partial charge on any atom is -0.393 e. The zero-order valence-electron chi connectivity index (χ0n) is 54.2. The van der Waals surface area contributed by atoms with Crippen LogP contribution < -0.4 is 49.8 Å². The van der Waals surface area contributed by atoms with E-state index in [0.29, 0.717) is 42.8 Å². The molecule has 2 saturated carbocycles. The van der Waals surface area contributed by atoms with Gasteiger partial charge < -0.3 is 46.9 Å². The Hall–Kier alpha value is -8.04. The molecule has 6 aromatic heterocycles. The van der Waals surface area contributed by atoms with Crippen molar-refractivity contribution in [1.82, 2.24) is 44.6 Å². The summed E-state index contributed by atoms with van der Waals surface area (Å²) in [6.07, 6.45) is 6.78. The number of carbonyl (C=O) groups is 3. The van der Waals surface area contributed by atoms with Crippen molar-refractivity contribution >= 4 is 64.3 Å². The van der Waals surface area contributed by atoms with Gasteiger partial charge in [-0.25, -0.2) is 25.3 Å². The lowest BCUT2D eigenvalue weighted by Gasteiger charge is -2.23. The molecule has 6 aromatic rings. The minimum absolute atomic E-state index is 0.111. The van der Waals surface area contributed by atoms with Crippen molar-refractivity contribution in [3.63, 3.8) is 0 Å². The van der Waals surface area contributed by atoms with Gasteiger partial charge in [-0.1, -0.05) is 71.1 Å². The number of hydrogen-bond donors (Lipinski definition) is 6. The summed E-state index contributed by atoms with van der Waals surface area (Å²) in [5.41, 5.74) is 23.2. The summed E-state index contributed by atoms with van der Waals surface area (Å²) in [7, 11) is -11.1. The van der Waals surface area contributed by atoms with Crippen LogP contribution in [0.1, 0.15) is 146 Å². The Bertz CT molecular complexity index is 4270. The molecule has 2 fully saturated rings. The molecule has 27 heteroatoms. The Balaban J connectivity index is 0.000000217. The van der Waals surface area contributed by atoms with E-state index in [2.05, 4.69) is 30.9 Å². The van der Waals surface area contributed by atoms with Crippen molar-refractivity contribution in [2.24, 2.45) is 5.41 Å². The van der Waals surface area contributed by atoms with E-state index in [1.165, 1.54) is 31.9 Å². The summed E-state index contributed by atoms with van der Waals surface area (Å²) in [5, 5.41) is 7.31. The molecule has 9 N–H and O–H groups in total. The molecular formula is C64H88N12O12S3. The summed E-state index contributed by atoms with van der Waals surface area (Å²) in [4.78, 5) is 88.2. The van der Waals surface area contributed by atoms with Gasteiger partial charge in [0.1, 0.15) is 36.7 Å². The summed E-state index contributed by atoms with van der Waals surface area (Å²) in [6, 6.07) is 15.5. The predicted molar refractivity (Wildman–Crippen MR) is 351 cm³/mol. The normalized spacial score (nSPS) is 14.0. The topological polar surface area (TPSA) is 372 Å². The van der Waals surface area contributed by atoms with Gasteiger partial charge in [-0.3, -0.25) is 43.7 Å². The second kappa shape index (κ2) is 29.9. The number of anilines is 3. The fraction of sp³-hybridized carbons (Fsp3) is 0.484. The van der Waals surface area contributed by atoms with Gasteiger partial charge in [0.25, 0.3) is 16.7 Å². The second-order valence-corrected chi connectivity index (χ2v) is 31.2. The molecule has 8 rings (SSSR count). The van der Waals surface area contributed by atoms with E-state index in [-0.39, 0.29) is 94.5 Å². The van der Waals surface area contributed by atoms with Crippen molar-refractivity contribution in [2.45, 2.75) is 205 Å². The molecule has 6 heterocycles. The van der Waals surface area contributed by atoms with Crippen LogP contribution in [0.3, 0.4) is 0 Å². The van der Waals surface area contributed by atoms with Gasteiger partial charge in [0.2, 0.25) is 17.7 Å². The summed E-state index contributed by atoms with van der Waals surface area (Å²) < 4.78 is 80.9. The molecule has 24 nitrogen and oxygen atoms in total. The van der Waals surface area contributed by atoms with Crippen LogP contribution in [0.4, 0.5) is 17.1 Å². The van der Waals surface area contributed by atoms with Gasteiger partial charge in [0.05, 0.1) is 30.9 Å². The van der Waals surface area contributed by atoms with Crippen molar-refractivity contribution in [1.29, 1.82) is 0 Å². The average Bonchev–Trinajstić information content (AvgIpc) is 1.39. The molecule has 0 atom stereocenters. The molecule has 3 amide bonds. The number of aromatic nitrogens is 6. The number of aryl methyl sites for hydroxylation is 9. The molecule has 494 valence electrons. The third kappa shape index (κ3) is 18.4. The molecule has 0 radical (unpaired) electrons. The third-order valence-corrected chi connectivity index (χ3v) is 23.0. The maximum atomic E-state index is 13.0. The Morgan fingerprint density at radius 3 is 1.02 bits per heavy atom. The maximum absolute atomic E-state index is 13.0. The van der Waals surface area contributed by atoms with Crippen LogP contribution in [0.15, 0.2) is 83.7 Å². The number of sulfone groups is 3. The Morgan fingerprint density at radius 1 is 0.462 bits per heavy atom. The molecule has 0 unspecified atom stereocenters. The molecule has 0 aliphatic heterocycles. The van der Waals surface area contributed by atoms with Crippen LogP contribution >= 0.6 is 0 Å². The fourth-order valence-corrected chi connectivity index (χ4v) is 17.2. The molecule has 0 spiro atoms. The van der Waals surface area contributed by atoms with E-state index in [4.69, 9.17) is 17.2 Å². The average molecular weight is 1310 g/mol. The monoisotopic (exact) mass is 1310 g/mol. The summed E-state index contributed by atoms with van der Waals surface area (Å²) >= 11 is 0. The highest BCUT2D eigenvalue weighted by molar-refractivity contribution is 7.92. The van der Waals surface area contributed by atoms with E-state index >= 15 is 0 Å².